The maximum atomic E-state index is 11.2. The number of ketones is 1. The predicted molar refractivity (Wildman–Crippen MR) is 93.8 cm³/mol. The van der Waals surface area contributed by atoms with Crippen LogP contribution in [-0.2, 0) is 4.79 Å². The third-order valence-electron chi connectivity index (χ3n) is 3.75. The van der Waals surface area contributed by atoms with Gasteiger partial charge in [-0.3, -0.25) is 4.79 Å². The van der Waals surface area contributed by atoms with E-state index < -0.39 is 6.10 Å². The first-order valence-corrected chi connectivity index (χ1v) is 7.84. The summed E-state index contributed by atoms with van der Waals surface area (Å²) in [5, 5.41) is 1.08. The Morgan fingerprint density at radius 1 is 1.00 bits per heavy atom. The molecule has 1 aromatic heterocycles. The van der Waals surface area contributed by atoms with Gasteiger partial charge in [0.25, 0.3) is 0 Å². The summed E-state index contributed by atoms with van der Waals surface area (Å²) < 4.78 is 11.3. The number of nitrogens with zero attached hydrogens (tertiary/aromatic N) is 1. The van der Waals surface area contributed by atoms with E-state index in [2.05, 4.69) is 11.1 Å². The van der Waals surface area contributed by atoms with Crippen LogP contribution in [0.4, 0.5) is 0 Å². The molecule has 0 aliphatic heterocycles. The fourth-order valence-corrected chi connectivity index (χ4v) is 2.26. The van der Waals surface area contributed by atoms with E-state index in [-0.39, 0.29) is 5.78 Å². The van der Waals surface area contributed by atoms with Gasteiger partial charge in [0.15, 0.2) is 11.9 Å². The maximum Gasteiger partial charge on any atom is 0.219 e. The molecule has 4 nitrogen and oxygen atoms in total. The molecule has 4 heteroatoms. The average Bonchev–Trinajstić information content (AvgIpc) is 2.56. The number of carbonyl (C=O) groups is 1. The van der Waals surface area contributed by atoms with Gasteiger partial charge in [0.2, 0.25) is 5.88 Å². The zero-order valence-electron chi connectivity index (χ0n) is 13.9. The van der Waals surface area contributed by atoms with Gasteiger partial charge in [0.05, 0.1) is 5.52 Å². The summed E-state index contributed by atoms with van der Waals surface area (Å²) >= 11 is 0. The van der Waals surface area contributed by atoms with Crippen molar-refractivity contribution in [1.82, 2.24) is 4.98 Å². The lowest BCUT2D eigenvalue weighted by atomic mass is 10.1. The number of ether oxygens (including phenoxy) is 2. The Kier molecular flexibility index (Phi) is 4.47. The fourth-order valence-electron chi connectivity index (χ4n) is 2.26. The lowest BCUT2D eigenvalue weighted by Gasteiger charge is -2.12. The first-order chi connectivity index (χ1) is 11.5. The summed E-state index contributed by atoms with van der Waals surface area (Å²) in [5.74, 6) is 1.83. The molecule has 0 aliphatic rings. The van der Waals surface area contributed by atoms with Crippen molar-refractivity contribution in [2.75, 3.05) is 0 Å². The number of carbonyl (C=O) groups excluding carboxylic acids is 1. The fraction of sp³-hybridized carbons (Fsp3) is 0.200. The van der Waals surface area contributed by atoms with Gasteiger partial charge < -0.3 is 9.47 Å². The Morgan fingerprint density at radius 3 is 2.38 bits per heavy atom. The van der Waals surface area contributed by atoms with Gasteiger partial charge in [-0.1, -0.05) is 12.1 Å². The highest BCUT2D eigenvalue weighted by Crippen LogP contribution is 2.25. The summed E-state index contributed by atoms with van der Waals surface area (Å²) in [6.45, 7) is 5.28. The topological polar surface area (TPSA) is 48.4 Å². The molecule has 0 amide bonds. The summed E-state index contributed by atoms with van der Waals surface area (Å²) in [4.78, 5) is 15.8. The first kappa shape index (κ1) is 16.0. The molecular formula is C20H19NO3. The van der Waals surface area contributed by atoms with Crippen molar-refractivity contribution in [3.63, 3.8) is 0 Å². The Balaban J connectivity index is 1.75. The molecule has 3 aromatic rings. The molecule has 0 bridgehead atoms. The number of hydrogen-bond acceptors (Lipinski definition) is 4. The number of Topliss-reactive ketones (excluding diaryl/α,β-unsaturated/α-hetero) is 1. The molecule has 2 aromatic carbocycles. The van der Waals surface area contributed by atoms with Gasteiger partial charge >= 0.3 is 0 Å². The molecule has 122 valence electrons. The molecule has 0 N–H and O–H groups in total. The number of fused-ring (bicyclic) bond motifs is 1. The van der Waals surface area contributed by atoms with Crippen LogP contribution in [0.3, 0.4) is 0 Å². The van der Waals surface area contributed by atoms with Gasteiger partial charge in [-0.05, 0) is 62.7 Å². The maximum absolute atomic E-state index is 11.2. The summed E-state index contributed by atoms with van der Waals surface area (Å²) in [7, 11) is 0. The van der Waals surface area contributed by atoms with E-state index in [1.807, 2.05) is 31.2 Å². The minimum Gasteiger partial charge on any atom is -0.483 e. The van der Waals surface area contributed by atoms with Crippen LogP contribution in [0.25, 0.3) is 10.9 Å². The van der Waals surface area contributed by atoms with Gasteiger partial charge in [0.1, 0.15) is 11.5 Å². The average molecular weight is 321 g/mol. The number of aryl methyl sites for hydroxylation is 1. The van der Waals surface area contributed by atoms with Crippen LogP contribution in [0.15, 0.2) is 54.6 Å². The van der Waals surface area contributed by atoms with Crippen LogP contribution in [0.2, 0.25) is 0 Å². The standard InChI is InChI=1S/C20H19NO3/c1-13-4-5-16-6-11-20(21-19(16)12-13)24-18-9-7-17(8-10-18)23-15(3)14(2)22/h4-12,15H,1-3H3. The second kappa shape index (κ2) is 6.71. The Hall–Kier alpha value is -2.88. The highest BCUT2D eigenvalue weighted by atomic mass is 16.5. The van der Waals surface area contributed by atoms with Crippen molar-refractivity contribution in [2.24, 2.45) is 0 Å². The number of aromatic nitrogens is 1. The second-order valence-corrected chi connectivity index (χ2v) is 5.79. The monoisotopic (exact) mass is 321 g/mol. The highest BCUT2D eigenvalue weighted by Gasteiger charge is 2.09. The number of rotatable bonds is 5. The Labute approximate surface area is 141 Å². The third-order valence-corrected chi connectivity index (χ3v) is 3.75. The summed E-state index contributed by atoms with van der Waals surface area (Å²) in [5.41, 5.74) is 2.07. The van der Waals surface area contributed by atoms with E-state index in [1.165, 1.54) is 6.92 Å². The first-order valence-electron chi connectivity index (χ1n) is 7.84. The molecule has 1 heterocycles. The van der Waals surface area contributed by atoms with Gasteiger partial charge in [-0.2, -0.15) is 0 Å². The number of pyridine rings is 1. The SMILES string of the molecule is CC(=O)C(C)Oc1ccc(Oc2ccc3ccc(C)cc3n2)cc1. The Morgan fingerprint density at radius 2 is 1.67 bits per heavy atom. The van der Waals surface area contributed by atoms with Crippen LogP contribution in [-0.4, -0.2) is 16.9 Å². The molecular weight excluding hydrogens is 302 g/mol. The van der Waals surface area contributed by atoms with Crippen molar-refractivity contribution < 1.29 is 14.3 Å². The second-order valence-electron chi connectivity index (χ2n) is 5.79. The number of benzene rings is 2. The normalized spacial score (nSPS) is 12.0. The van der Waals surface area contributed by atoms with Crippen LogP contribution < -0.4 is 9.47 Å². The molecule has 0 radical (unpaired) electrons. The lowest BCUT2D eigenvalue weighted by molar-refractivity contribution is -0.122. The molecule has 1 atom stereocenters. The van der Waals surface area contributed by atoms with Crippen LogP contribution in [0.5, 0.6) is 17.4 Å². The molecule has 0 saturated carbocycles. The molecule has 0 fully saturated rings. The van der Waals surface area contributed by atoms with Gasteiger partial charge in [-0.15, -0.1) is 0 Å². The third kappa shape index (κ3) is 3.71. The van der Waals surface area contributed by atoms with Crippen LogP contribution in [0.1, 0.15) is 19.4 Å². The van der Waals surface area contributed by atoms with Crippen molar-refractivity contribution in [3.05, 3.63) is 60.2 Å². The van der Waals surface area contributed by atoms with Gasteiger partial charge in [0, 0.05) is 11.5 Å². The van der Waals surface area contributed by atoms with E-state index in [1.54, 1.807) is 31.2 Å². The Bertz CT molecular complexity index is 872. The summed E-state index contributed by atoms with van der Waals surface area (Å²) in [6, 6.07) is 17.1. The van der Waals surface area contributed by atoms with Crippen LogP contribution >= 0.6 is 0 Å². The highest BCUT2D eigenvalue weighted by molar-refractivity contribution is 5.80. The van der Waals surface area contributed by atoms with Crippen molar-refractivity contribution in [2.45, 2.75) is 26.9 Å². The molecule has 0 aliphatic carbocycles. The molecule has 24 heavy (non-hydrogen) atoms. The summed E-state index contributed by atoms with van der Waals surface area (Å²) in [6.07, 6.45) is -0.456. The smallest absolute Gasteiger partial charge is 0.219 e. The molecule has 1 unspecified atom stereocenters. The van der Waals surface area contributed by atoms with E-state index in [0.717, 1.165) is 16.5 Å². The van der Waals surface area contributed by atoms with E-state index in [9.17, 15) is 4.79 Å². The van der Waals surface area contributed by atoms with Crippen molar-refractivity contribution >= 4 is 16.7 Å². The lowest BCUT2D eigenvalue weighted by Crippen LogP contribution is -2.20. The predicted octanol–water partition coefficient (Wildman–Crippen LogP) is 4.69. The quantitative estimate of drug-likeness (QED) is 0.684. The van der Waals surface area contributed by atoms with E-state index >= 15 is 0 Å². The van der Waals surface area contributed by atoms with Crippen molar-refractivity contribution in [1.29, 1.82) is 0 Å². The largest absolute Gasteiger partial charge is 0.483 e. The minimum atomic E-state index is -0.456. The van der Waals surface area contributed by atoms with Gasteiger partial charge in [-0.25, -0.2) is 4.98 Å². The minimum absolute atomic E-state index is 0.00835. The van der Waals surface area contributed by atoms with Crippen LogP contribution in [0, 0.1) is 6.92 Å². The molecule has 0 saturated heterocycles. The van der Waals surface area contributed by atoms with E-state index in [4.69, 9.17) is 9.47 Å². The van der Waals surface area contributed by atoms with Crippen molar-refractivity contribution in [3.8, 4) is 17.4 Å². The zero-order chi connectivity index (χ0) is 17.1. The number of hydrogen-bond donors (Lipinski definition) is 0. The zero-order valence-corrected chi connectivity index (χ0v) is 13.9. The molecule has 3 rings (SSSR count). The van der Waals surface area contributed by atoms with E-state index in [0.29, 0.717) is 17.4 Å². The molecule has 0 spiro atoms.